The summed E-state index contributed by atoms with van der Waals surface area (Å²) in [6, 6.07) is 0. The third kappa shape index (κ3) is 1.83. The molecule has 3 heteroatoms. The van der Waals surface area contributed by atoms with E-state index in [9.17, 15) is 9.59 Å². The first-order valence-corrected chi connectivity index (χ1v) is 11.7. The van der Waals surface area contributed by atoms with Gasteiger partial charge < -0.3 is 4.74 Å². The molecule has 7 aliphatic rings. The number of esters is 1. The molecule has 0 saturated heterocycles. The first-order valence-electron chi connectivity index (χ1n) is 11.7. The van der Waals surface area contributed by atoms with E-state index in [4.69, 9.17) is 4.74 Å². The highest BCUT2D eigenvalue weighted by Crippen LogP contribution is 2.78. The number of rotatable bonds is 1. The summed E-state index contributed by atoms with van der Waals surface area (Å²) in [6.45, 7) is 2.46. The lowest BCUT2D eigenvalue weighted by Gasteiger charge is -2.57. The fraction of sp³-hybridized carbons (Fsp3) is 0.760. The Kier molecular flexibility index (Phi) is 2.94. The van der Waals surface area contributed by atoms with Crippen molar-refractivity contribution in [2.24, 2.45) is 46.8 Å². The van der Waals surface area contributed by atoms with Crippen LogP contribution in [0, 0.1) is 46.8 Å². The van der Waals surface area contributed by atoms with Crippen molar-refractivity contribution in [3.8, 4) is 0 Å². The number of hydrogen-bond donors (Lipinski definition) is 0. The molecule has 0 bridgehead atoms. The molecule has 8 atom stereocenters. The van der Waals surface area contributed by atoms with Crippen LogP contribution in [-0.2, 0) is 14.3 Å². The van der Waals surface area contributed by atoms with Crippen molar-refractivity contribution in [1.29, 1.82) is 0 Å². The van der Waals surface area contributed by atoms with Crippen molar-refractivity contribution >= 4 is 11.8 Å². The Morgan fingerprint density at radius 3 is 2.71 bits per heavy atom. The van der Waals surface area contributed by atoms with E-state index in [2.05, 4.69) is 13.0 Å². The Labute approximate surface area is 167 Å². The van der Waals surface area contributed by atoms with Crippen LogP contribution >= 0.6 is 0 Å². The van der Waals surface area contributed by atoms with Gasteiger partial charge in [-0.1, -0.05) is 18.1 Å². The highest BCUT2D eigenvalue weighted by atomic mass is 16.6. The lowest BCUT2D eigenvalue weighted by atomic mass is 9.48. The van der Waals surface area contributed by atoms with Crippen LogP contribution < -0.4 is 0 Å². The molecule has 0 aromatic heterocycles. The fourth-order valence-corrected chi connectivity index (χ4v) is 9.10. The van der Waals surface area contributed by atoms with Gasteiger partial charge in [-0.15, -0.1) is 0 Å². The van der Waals surface area contributed by atoms with Gasteiger partial charge in [0.25, 0.3) is 0 Å². The van der Waals surface area contributed by atoms with Gasteiger partial charge in [0.2, 0.25) is 0 Å². The summed E-state index contributed by atoms with van der Waals surface area (Å²) < 4.78 is 6.14. The molecule has 0 radical (unpaired) electrons. The molecule has 0 aromatic carbocycles. The smallest absolute Gasteiger partial charge is 0.331 e. The van der Waals surface area contributed by atoms with Gasteiger partial charge in [-0.05, 0) is 86.5 Å². The monoisotopic (exact) mass is 378 g/mol. The Balaban J connectivity index is 1.34. The van der Waals surface area contributed by atoms with E-state index in [1.165, 1.54) is 38.5 Å². The zero-order valence-electron chi connectivity index (χ0n) is 16.8. The molecule has 1 heterocycles. The predicted molar refractivity (Wildman–Crippen MR) is 104 cm³/mol. The molecule has 148 valence electrons. The van der Waals surface area contributed by atoms with Crippen molar-refractivity contribution in [1.82, 2.24) is 0 Å². The number of carbonyl (C=O) groups excluding carboxylic acids is 2. The van der Waals surface area contributed by atoms with Gasteiger partial charge in [0.05, 0.1) is 0 Å². The Morgan fingerprint density at radius 1 is 1.11 bits per heavy atom. The van der Waals surface area contributed by atoms with Crippen molar-refractivity contribution in [3.63, 3.8) is 0 Å². The maximum absolute atomic E-state index is 12.2. The van der Waals surface area contributed by atoms with E-state index in [1.54, 1.807) is 17.2 Å². The maximum atomic E-state index is 12.2. The first kappa shape index (κ1) is 16.4. The van der Waals surface area contributed by atoms with Gasteiger partial charge in [0, 0.05) is 30.3 Å². The van der Waals surface area contributed by atoms with E-state index in [0.717, 1.165) is 42.9 Å². The van der Waals surface area contributed by atoms with Crippen LogP contribution in [0.15, 0.2) is 23.3 Å². The molecule has 4 fully saturated rings. The maximum Gasteiger partial charge on any atom is 0.331 e. The Hall–Kier alpha value is -1.38. The molecule has 1 spiro atoms. The number of fused-ring (bicyclic) bond motifs is 8. The minimum absolute atomic E-state index is 0.111. The summed E-state index contributed by atoms with van der Waals surface area (Å²) in [5.41, 5.74) is 3.04. The summed E-state index contributed by atoms with van der Waals surface area (Å²) in [4.78, 5) is 24.3. The topological polar surface area (TPSA) is 43.4 Å². The quantitative estimate of drug-likeness (QED) is 0.494. The second kappa shape index (κ2) is 5.02. The molecular weight excluding hydrogens is 348 g/mol. The van der Waals surface area contributed by atoms with Crippen molar-refractivity contribution < 1.29 is 14.3 Å². The van der Waals surface area contributed by atoms with Gasteiger partial charge in [0.1, 0.15) is 11.4 Å². The molecule has 0 N–H and O–H groups in total. The lowest BCUT2D eigenvalue weighted by molar-refractivity contribution is -0.167. The minimum Gasteiger partial charge on any atom is -0.451 e. The summed E-state index contributed by atoms with van der Waals surface area (Å²) in [7, 11) is 0. The summed E-state index contributed by atoms with van der Waals surface area (Å²) in [5, 5.41) is 0. The van der Waals surface area contributed by atoms with E-state index < -0.39 is 0 Å². The van der Waals surface area contributed by atoms with Crippen LogP contribution in [-0.4, -0.2) is 17.4 Å². The molecule has 6 aliphatic carbocycles. The fourth-order valence-electron chi connectivity index (χ4n) is 9.10. The van der Waals surface area contributed by atoms with Gasteiger partial charge in [-0.25, -0.2) is 4.79 Å². The molecule has 0 aromatic rings. The summed E-state index contributed by atoms with van der Waals surface area (Å²) >= 11 is 0. The average molecular weight is 379 g/mol. The van der Waals surface area contributed by atoms with Gasteiger partial charge in [-0.3, -0.25) is 4.79 Å². The zero-order valence-corrected chi connectivity index (χ0v) is 16.8. The van der Waals surface area contributed by atoms with Crippen molar-refractivity contribution in [2.75, 3.05) is 0 Å². The van der Waals surface area contributed by atoms with Crippen LogP contribution in [0.1, 0.15) is 64.7 Å². The second-order valence-corrected chi connectivity index (χ2v) is 11.3. The number of allylic oxidation sites excluding steroid dienone is 2. The largest absolute Gasteiger partial charge is 0.451 e. The second-order valence-electron chi connectivity index (χ2n) is 11.3. The lowest BCUT2D eigenvalue weighted by Crippen LogP contribution is -2.55. The van der Waals surface area contributed by atoms with Gasteiger partial charge in [-0.2, -0.15) is 0 Å². The van der Waals surface area contributed by atoms with E-state index in [-0.39, 0.29) is 17.0 Å². The third-order valence-corrected chi connectivity index (χ3v) is 10.3. The number of carbonyl (C=O) groups is 2. The molecule has 4 saturated carbocycles. The normalized spacial score (nSPS) is 53.6. The molecule has 7 rings (SSSR count). The molecule has 0 unspecified atom stereocenters. The summed E-state index contributed by atoms with van der Waals surface area (Å²) in [6.07, 6.45) is 14.1. The van der Waals surface area contributed by atoms with Gasteiger partial charge in [0.15, 0.2) is 0 Å². The number of ketones is 1. The highest BCUT2D eigenvalue weighted by molar-refractivity contribution is 5.86. The zero-order chi connectivity index (χ0) is 18.8. The van der Waals surface area contributed by atoms with Crippen LogP contribution in [0.3, 0.4) is 0 Å². The molecule has 3 nitrogen and oxygen atoms in total. The van der Waals surface area contributed by atoms with Crippen molar-refractivity contribution in [3.05, 3.63) is 23.3 Å². The standard InChI is InChI=1S/C25H30O3/c1-24-8-6-17-16-5-4-15(26)10-14(16)11-18(13-2-3-13)22(17)23(24)19-12-20(19)25(24)9-7-21(27)28-25/h7,9,13,17-20,22-23H,2-6,8,10-12H2,1H3/t17-,18+,19+,20-,22+,23+,24+,25+/m1/s1. The van der Waals surface area contributed by atoms with Crippen LogP contribution in [0.4, 0.5) is 0 Å². The van der Waals surface area contributed by atoms with E-state index in [1.807, 2.05) is 0 Å². The summed E-state index contributed by atoms with van der Waals surface area (Å²) in [5.74, 6) is 5.50. The third-order valence-electron chi connectivity index (χ3n) is 10.3. The van der Waals surface area contributed by atoms with Crippen LogP contribution in [0.5, 0.6) is 0 Å². The average Bonchev–Trinajstić information content (AvgIpc) is 3.59. The molecule has 28 heavy (non-hydrogen) atoms. The Morgan fingerprint density at radius 2 is 1.96 bits per heavy atom. The predicted octanol–water partition coefficient (Wildman–Crippen LogP) is 4.62. The SMILES string of the molecule is C[C@]12CC[C@@H]3C4=C(CC(=O)CC4)C[C@@H](C4CC4)[C@H]3[C@@H]1[C@H]1C[C@H]1[C@@]21C=CC(=O)O1. The molecule has 1 aliphatic heterocycles. The highest BCUT2D eigenvalue weighted by Gasteiger charge is 2.78. The van der Waals surface area contributed by atoms with Crippen LogP contribution in [0.25, 0.3) is 0 Å². The number of ether oxygens (including phenoxy) is 1. The number of hydrogen-bond acceptors (Lipinski definition) is 3. The van der Waals surface area contributed by atoms with Gasteiger partial charge >= 0.3 is 5.97 Å². The Bertz CT molecular complexity index is 863. The van der Waals surface area contributed by atoms with E-state index in [0.29, 0.717) is 23.5 Å². The minimum atomic E-state index is -0.310. The van der Waals surface area contributed by atoms with Crippen molar-refractivity contribution in [2.45, 2.75) is 70.3 Å². The molecular formula is C25H30O3. The first-order chi connectivity index (χ1) is 13.5. The van der Waals surface area contributed by atoms with E-state index >= 15 is 0 Å². The number of Topliss-reactive ketones (excluding diaryl/α,β-unsaturated/α-hetero) is 1. The molecule has 0 amide bonds. The van der Waals surface area contributed by atoms with Crippen LogP contribution in [0.2, 0.25) is 0 Å².